The van der Waals surface area contributed by atoms with E-state index in [1.807, 2.05) is 38.1 Å². The van der Waals surface area contributed by atoms with E-state index >= 15 is 0 Å². The van der Waals surface area contributed by atoms with Gasteiger partial charge in [0, 0.05) is 23.6 Å². The molecule has 3 aromatic rings. The maximum Gasteiger partial charge on any atom is 0.312 e. The van der Waals surface area contributed by atoms with Crippen molar-refractivity contribution >= 4 is 17.3 Å². The van der Waals surface area contributed by atoms with Crippen LogP contribution in [0.4, 0.5) is 11.4 Å². The number of nitro groups is 1. The number of aryl methyl sites for hydroxylation is 1. The second kappa shape index (κ2) is 8.93. The van der Waals surface area contributed by atoms with Crippen LogP contribution >= 0.6 is 0 Å². The maximum atomic E-state index is 12.9. The fourth-order valence-corrected chi connectivity index (χ4v) is 4.05. The molecule has 1 aliphatic heterocycles. The van der Waals surface area contributed by atoms with Crippen LogP contribution in [0.5, 0.6) is 11.5 Å². The molecule has 1 aliphatic rings. The highest BCUT2D eigenvalue weighted by molar-refractivity contribution is 6.05. The molecule has 0 saturated carbocycles. The summed E-state index contributed by atoms with van der Waals surface area (Å²) in [6.07, 6.45) is 0.903. The number of hydrogen-bond acceptors (Lipinski definition) is 6. The van der Waals surface area contributed by atoms with Crippen molar-refractivity contribution in [3.8, 4) is 11.5 Å². The smallest absolute Gasteiger partial charge is 0.312 e. The van der Waals surface area contributed by atoms with Gasteiger partial charge >= 0.3 is 5.69 Å². The lowest BCUT2D eigenvalue weighted by atomic mass is 10.1. The van der Waals surface area contributed by atoms with Crippen molar-refractivity contribution in [1.82, 2.24) is 9.78 Å². The number of hydrogen-bond donors (Lipinski definition) is 1. The predicted octanol–water partition coefficient (Wildman–Crippen LogP) is 4.43. The Bertz CT molecular complexity index is 1220. The zero-order valence-corrected chi connectivity index (χ0v) is 19.0. The van der Waals surface area contributed by atoms with Crippen LogP contribution in [0.15, 0.2) is 36.4 Å². The standard InChI is InChI=1S/C24H26N4O5/c1-5-32-22-11-19-10-14(2)33-21(19)12-20(22)25-24(29)18-8-6-17(7-9-18)13-27-16(4)23(28(30)31)15(3)26-27/h6-9,11-12,14H,5,10,13H2,1-4H3,(H,25,29). The molecule has 1 aromatic heterocycles. The Hall–Kier alpha value is -3.88. The molecule has 33 heavy (non-hydrogen) atoms. The van der Waals surface area contributed by atoms with E-state index in [2.05, 4.69) is 10.4 Å². The van der Waals surface area contributed by atoms with Gasteiger partial charge in [-0.2, -0.15) is 5.10 Å². The lowest BCUT2D eigenvalue weighted by Crippen LogP contribution is -2.13. The average molecular weight is 450 g/mol. The summed E-state index contributed by atoms with van der Waals surface area (Å²) in [7, 11) is 0. The SMILES string of the molecule is CCOc1cc2c(cc1NC(=O)c1ccc(Cn3nc(C)c([N+](=O)[O-])c3C)cc1)OC(C)C2. The third kappa shape index (κ3) is 4.52. The topological polar surface area (TPSA) is 109 Å². The summed E-state index contributed by atoms with van der Waals surface area (Å²) in [6, 6.07) is 10.8. The second-order valence-electron chi connectivity index (χ2n) is 8.11. The Kier molecular flexibility index (Phi) is 6.04. The molecular formula is C24H26N4O5. The molecular weight excluding hydrogens is 424 g/mol. The molecule has 0 radical (unpaired) electrons. The number of amides is 1. The third-order valence-corrected chi connectivity index (χ3v) is 5.62. The number of fused-ring (bicyclic) bond motifs is 1. The molecule has 0 aliphatic carbocycles. The number of benzene rings is 2. The van der Waals surface area contributed by atoms with E-state index in [1.165, 1.54) is 0 Å². The normalized spacial score (nSPS) is 14.5. The van der Waals surface area contributed by atoms with Crippen molar-refractivity contribution < 1.29 is 19.2 Å². The lowest BCUT2D eigenvalue weighted by molar-refractivity contribution is -0.386. The molecule has 9 heteroatoms. The Balaban J connectivity index is 1.50. The summed E-state index contributed by atoms with van der Waals surface area (Å²) >= 11 is 0. The van der Waals surface area contributed by atoms with Crippen molar-refractivity contribution in [2.75, 3.05) is 11.9 Å². The Morgan fingerprint density at radius 2 is 2.03 bits per heavy atom. The van der Waals surface area contributed by atoms with Gasteiger partial charge in [-0.25, -0.2) is 0 Å². The van der Waals surface area contributed by atoms with Crippen LogP contribution in [0.25, 0.3) is 0 Å². The maximum absolute atomic E-state index is 12.9. The summed E-state index contributed by atoms with van der Waals surface area (Å²) in [4.78, 5) is 23.7. The largest absolute Gasteiger partial charge is 0.492 e. The van der Waals surface area contributed by atoms with Crippen LogP contribution in [-0.4, -0.2) is 33.3 Å². The molecule has 0 bridgehead atoms. The number of aromatic nitrogens is 2. The Morgan fingerprint density at radius 1 is 1.30 bits per heavy atom. The van der Waals surface area contributed by atoms with Gasteiger partial charge in [0.15, 0.2) is 0 Å². The zero-order chi connectivity index (χ0) is 23.7. The molecule has 2 aromatic carbocycles. The molecule has 0 saturated heterocycles. The highest BCUT2D eigenvalue weighted by Gasteiger charge is 2.23. The van der Waals surface area contributed by atoms with Crippen molar-refractivity contribution in [1.29, 1.82) is 0 Å². The quantitative estimate of drug-likeness (QED) is 0.421. The molecule has 0 fully saturated rings. The lowest BCUT2D eigenvalue weighted by Gasteiger charge is -2.14. The summed E-state index contributed by atoms with van der Waals surface area (Å²) in [5.41, 5.74) is 3.90. The molecule has 9 nitrogen and oxygen atoms in total. The predicted molar refractivity (Wildman–Crippen MR) is 123 cm³/mol. The van der Waals surface area contributed by atoms with E-state index < -0.39 is 4.92 Å². The third-order valence-electron chi connectivity index (χ3n) is 5.62. The summed E-state index contributed by atoms with van der Waals surface area (Å²) < 4.78 is 13.1. The van der Waals surface area contributed by atoms with Gasteiger partial charge in [-0.3, -0.25) is 19.6 Å². The summed E-state index contributed by atoms with van der Waals surface area (Å²) in [5.74, 6) is 1.11. The van der Waals surface area contributed by atoms with Gasteiger partial charge in [0.1, 0.15) is 29.0 Å². The average Bonchev–Trinajstić information content (AvgIpc) is 3.26. The van der Waals surface area contributed by atoms with E-state index in [0.29, 0.717) is 41.5 Å². The van der Waals surface area contributed by atoms with Gasteiger partial charge in [-0.1, -0.05) is 12.1 Å². The minimum Gasteiger partial charge on any atom is -0.492 e. The highest BCUT2D eigenvalue weighted by atomic mass is 16.6. The number of nitrogens with zero attached hydrogens (tertiary/aromatic N) is 3. The molecule has 2 heterocycles. The zero-order valence-electron chi connectivity index (χ0n) is 19.0. The Labute approximate surface area is 191 Å². The number of ether oxygens (including phenoxy) is 2. The molecule has 4 rings (SSSR count). The monoisotopic (exact) mass is 450 g/mol. The molecule has 0 spiro atoms. The fraction of sp³-hybridized carbons (Fsp3) is 0.333. The van der Waals surface area contributed by atoms with Crippen molar-refractivity contribution in [3.63, 3.8) is 0 Å². The van der Waals surface area contributed by atoms with Gasteiger partial charge in [-0.15, -0.1) is 0 Å². The first kappa shape index (κ1) is 22.3. The van der Waals surface area contributed by atoms with Gasteiger partial charge in [0.2, 0.25) is 0 Å². The number of anilines is 1. The van der Waals surface area contributed by atoms with Gasteiger partial charge < -0.3 is 14.8 Å². The second-order valence-corrected chi connectivity index (χ2v) is 8.11. The van der Waals surface area contributed by atoms with E-state index in [4.69, 9.17) is 9.47 Å². The fourth-order valence-electron chi connectivity index (χ4n) is 4.05. The molecule has 1 N–H and O–H groups in total. The van der Waals surface area contributed by atoms with E-state index in [-0.39, 0.29) is 17.7 Å². The van der Waals surface area contributed by atoms with Crippen LogP contribution in [-0.2, 0) is 13.0 Å². The minimum absolute atomic E-state index is 0.0313. The highest BCUT2D eigenvalue weighted by Crippen LogP contribution is 2.38. The van der Waals surface area contributed by atoms with Crippen molar-refractivity contribution in [3.05, 3.63) is 74.6 Å². The molecule has 1 amide bonds. The van der Waals surface area contributed by atoms with Crippen LogP contribution in [0.1, 0.15) is 46.7 Å². The first-order valence-corrected chi connectivity index (χ1v) is 10.8. The van der Waals surface area contributed by atoms with Crippen LogP contribution in [0, 0.1) is 24.0 Å². The van der Waals surface area contributed by atoms with Gasteiger partial charge in [-0.05, 0) is 51.5 Å². The summed E-state index contributed by atoms with van der Waals surface area (Å²) in [5, 5.41) is 18.4. The van der Waals surface area contributed by atoms with Crippen LogP contribution in [0.2, 0.25) is 0 Å². The van der Waals surface area contributed by atoms with Gasteiger partial charge in [0.25, 0.3) is 5.91 Å². The first-order chi connectivity index (χ1) is 15.8. The number of nitrogens with one attached hydrogen (secondary N) is 1. The van der Waals surface area contributed by atoms with E-state index in [0.717, 1.165) is 23.3 Å². The summed E-state index contributed by atoms with van der Waals surface area (Å²) in [6.45, 7) is 8.06. The van der Waals surface area contributed by atoms with E-state index in [9.17, 15) is 14.9 Å². The molecule has 172 valence electrons. The molecule has 1 atom stereocenters. The minimum atomic E-state index is -0.414. The number of rotatable bonds is 7. The van der Waals surface area contributed by atoms with Crippen LogP contribution in [0.3, 0.4) is 0 Å². The van der Waals surface area contributed by atoms with E-state index in [1.54, 1.807) is 30.7 Å². The van der Waals surface area contributed by atoms with Crippen LogP contribution < -0.4 is 14.8 Å². The number of carbonyl (C=O) groups is 1. The van der Waals surface area contributed by atoms with Gasteiger partial charge in [0.05, 0.1) is 23.8 Å². The first-order valence-electron chi connectivity index (χ1n) is 10.8. The Morgan fingerprint density at radius 3 is 2.67 bits per heavy atom. The molecule has 1 unspecified atom stereocenters. The van der Waals surface area contributed by atoms with Crippen molar-refractivity contribution in [2.45, 2.75) is 46.8 Å². The van der Waals surface area contributed by atoms with Crippen molar-refractivity contribution in [2.24, 2.45) is 0 Å². The number of carbonyl (C=O) groups excluding carboxylic acids is 1.